The maximum atomic E-state index is 12.6. The minimum absolute atomic E-state index is 0.152. The second kappa shape index (κ2) is 11.3. The van der Waals surface area contributed by atoms with E-state index in [0.717, 1.165) is 44.1 Å². The molecular formula is C34H46O10. The second-order valence-corrected chi connectivity index (χ2v) is 14.6. The van der Waals surface area contributed by atoms with E-state index in [1.165, 1.54) is 19.3 Å². The van der Waals surface area contributed by atoms with Crippen molar-refractivity contribution < 1.29 is 43.2 Å². The van der Waals surface area contributed by atoms with E-state index >= 15 is 0 Å². The van der Waals surface area contributed by atoms with E-state index in [1.807, 2.05) is 0 Å². The van der Waals surface area contributed by atoms with Crippen molar-refractivity contribution in [2.45, 2.75) is 140 Å². The fourth-order valence-corrected chi connectivity index (χ4v) is 10.3. The number of carbonyl (C=O) groups is 3. The van der Waals surface area contributed by atoms with E-state index < -0.39 is 28.9 Å². The van der Waals surface area contributed by atoms with Crippen molar-refractivity contribution in [2.75, 3.05) is 0 Å². The van der Waals surface area contributed by atoms with Gasteiger partial charge in [-0.25, -0.2) is 4.79 Å². The Morgan fingerprint density at radius 3 is 2.32 bits per heavy atom. The van der Waals surface area contributed by atoms with Crippen LogP contribution in [-0.4, -0.2) is 57.6 Å². The normalized spacial score (nSPS) is 41.8. The molecule has 0 aromatic carbocycles. The van der Waals surface area contributed by atoms with Gasteiger partial charge in [0.1, 0.15) is 23.9 Å². The molecule has 0 amide bonds. The Morgan fingerprint density at radius 1 is 0.932 bits per heavy atom. The lowest BCUT2D eigenvalue weighted by Crippen LogP contribution is -2.65. The molecule has 2 N–H and O–H groups in total. The molecular weight excluding hydrogens is 568 g/mol. The first-order valence-corrected chi connectivity index (χ1v) is 16.4. The van der Waals surface area contributed by atoms with Gasteiger partial charge in [0.25, 0.3) is 0 Å². The molecule has 6 rings (SSSR count). The highest BCUT2D eigenvalue weighted by Crippen LogP contribution is 2.78. The van der Waals surface area contributed by atoms with Crippen molar-refractivity contribution in [3.63, 3.8) is 0 Å². The molecule has 44 heavy (non-hydrogen) atoms. The Hall–Kier alpha value is -2.72. The molecule has 242 valence electrons. The molecule has 5 aliphatic rings. The number of epoxide rings is 1. The SMILES string of the molecule is CC(=O)OC1C(c2ccc(=O)oc2)C2(C)CCC3C(CCC4(O)CC(OC(=O)CCCCCCC(=O)O)CCC34C)C23OC13. The van der Waals surface area contributed by atoms with Crippen LogP contribution < -0.4 is 5.63 Å². The third kappa shape index (κ3) is 4.91. The van der Waals surface area contributed by atoms with Gasteiger partial charge in [0.15, 0.2) is 0 Å². The summed E-state index contributed by atoms with van der Waals surface area (Å²) in [5, 5.41) is 21.0. The minimum atomic E-state index is -0.959. The fraction of sp³-hybridized carbons (Fsp3) is 0.765. The number of carboxylic acid groups (broad SMARTS) is 1. The lowest BCUT2D eigenvalue weighted by molar-refractivity contribution is -0.228. The van der Waals surface area contributed by atoms with Crippen molar-refractivity contribution in [3.05, 3.63) is 34.4 Å². The van der Waals surface area contributed by atoms with Crippen molar-refractivity contribution in [1.82, 2.24) is 0 Å². The highest BCUT2D eigenvalue weighted by Gasteiger charge is 2.85. The number of esters is 2. The van der Waals surface area contributed by atoms with Gasteiger partial charge in [-0.05, 0) is 80.2 Å². The highest BCUT2D eigenvalue weighted by molar-refractivity contribution is 5.69. The van der Waals surface area contributed by atoms with Crippen LogP contribution in [0.3, 0.4) is 0 Å². The summed E-state index contributed by atoms with van der Waals surface area (Å²) in [5.41, 5.74) is -1.74. The summed E-state index contributed by atoms with van der Waals surface area (Å²) >= 11 is 0. The average molecular weight is 615 g/mol. The standard InChI is InChI=1S/C34H46O10/c1-20(35)42-29-28(21-10-11-26(38)41-19-21)32(3)16-13-23-24(34(32)30(29)44-34)14-17-33(40)18-22(12-15-31(23,33)2)43-27(39)9-7-5-4-6-8-25(36)37/h10-11,19,22-24,28-30,40H,4-9,12-18H2,1-3H3,(H,36,37). The average Bonchev–Trinajstić information content (AvgIpc) is 3.66. The van der Waals surface area contributed by atoms with Crippen LogP contribution in [0.15, 0.2) is 27.6 Å². The largest absolute Gasteiger partial charge is 0.481 e. The predicted molar refractivity (Wildman–Crippen MR) is 157 cm³/mol. The Labute approximate surface area is 257 Å². The summed E-state index contributed by atoms with van der Waals surface area (Å²) in [7, 11) is 0. The lowest BCUT2D eigenvalue weighted by Gasteiger charge is -2.64. The molecule has 2 heterocycles. The van der Waals surface area contributed by atoms with Crippen molar-refractivity contribution >= 4 is 17.9 Å². The zero-order valence-electron chi connectivity index (χ0n) is 26.0. The van der Waals surface area contributed by atoms with E-state index in [1.54, 1.807) is 6.07 Å². The van der Waals surface area contributed by atoms with Gasteiger partial charge in [-0.15, -0.1) is 0 Å². The summed E-state index contributed by atoms with van der Waals surface area (Å²) in [4.78, 5) is 47.3. The van der Waals surface area contributed by atoms with Gasteiger partial charge in [0, 0.05) is 43.6 Å². The lowest BCUT2D eigenvalue weighted by atomic mass is 9.42. The number of ether oxygens (including phenoxy) is 3. The first-order chi connectivity index (χ1) is 20.8. The minimum Gasteiger partial charge on any atom is -0.481 e. The maximum absolute atomic E-state index is 12.6. The van der Waals surface area contributed by atoms with Crippen LogP contribution in [0.2, 0.25) is 0 Å². The number of hydrogen-bond acceptors (Lipinski definition) is 9. The highest BCUT2D eigenvalue weighted by atomic mass is 16.7. The molecule has 10 heteroatoms. The van der Waals surface area contributed by atoms with Gasteiger partial charge in [0.05, 0.1) is 11.9 Å². The molecule has 10 nitrogen and oxygen atoms in total. The summed E-state index contributed by atoms with van der Waals surface area (Å²) in [5.74, 6) is -1.20. The zero-order valence-corrected chi connectivity index (χ0v) is 26.0. The third-order valence-electron chi connectivity index (χ3n) is 12.4. The van der Waals surface area contributed by atoms with Gasteiger partial charge in [-0.2, -0.15) is 0 Å². The summed E-state index contributed by atoms with van der Waals surface area (Å²) in [6.07, 6.45) is 8.69. The summed E-state index contributed by atoms with van der Waals surface area (Å²) in [6.45, 7) is 5.85. The molecule has 10 atom stereocenters. The van der Waals surface area contributed by atoms with Gasteiger partial charge < -0.3 is 28.8 Å². The number of carbonyl (C=O) groups excluding carboxylic acids is 2. The van der Waals surface area contributed by atoms with E-state index in [0.29, 0.717) is 38.5 Å². The first kappa shape index (κ1) is 31.3. The van der Waals surface area contributed by atoms with Crippen LogP contribution in [-0.2, 0) is 28.6 Å². The number of rotatable bonds is 10. The molecule has 1 saturated heterocycles. The van der Waals surface area contributed by atoms with Crippen LogP contribution in [0.5, 0.6) is 0 Å². The molecule has 0 bridgehead atoms. The van der Waals surface area contributed by atoms with Crippen LogP contribution >= 0.6 is 0 Å². The van der Waals surface area contributed by atoms with Crippen molar-refractivity contribution in [3.8, 4) is 0 Å². The molecule has 1 aromatic heterocycles. The van der Waals surface area contributed by atoms with Gasteiger partial charge in [-0.1, -0.05) is 26.7 Å². The van der Waals surface area contributed by atoms with E-state index in [2.05, 4.69) is 13.8 Å². The Balaban J connectivity index is 1.15. The third-order valence-corrected chi connectivity index (χ3v) is 12.4. The molecule has 10 unspecified atom stereocenters. The maximum Gasteiger partial charge on any atom is 0.335 e. The second-order valence-electron chi connectivity index (χ2n) is 14.6. The monoisotopic (exact) mass is 614 g/mol. The first-order valence-electron chi connectivity index (χ1n) is 16.4. The van der Waals surface area contributed by atoms with Crippen LogP contribution in [0.1, 0.15) is 116 Å². The zero-order chi connectivity index (χ0) is 31.5. The molecule has 4 saturated carbocycles. The molecule has 0 radical (unpaired) electrons. The fourth-order valence-electron chi connectivity index (χ4n) is 10.3. The quantitative estimate of drug-likeness (QED) is 0.212. The number of aliphatic carboxylic acids is 1. The van der Waals surface area contributed by atoms with E-state index in [4.69, 9.17) is 23.7 Å². The molecule has 1 aromatic rings. The Morgan fingerprint density at radius 2 is 1.64 bits per heavy atom. The van der Waals surface area contributed by atoms with Crippen LogP contribution in [0.25, 0.3) is 0 Å². The van der Waals surface area contributed by atoms with Gasteiger partial charge in [0.2, 0.25) is 0 Å². The molecule has 5 fully saturated rings. The van der Waals surface area contributed by atoms with Gasteiger partial charge in [-0.3, -0.25) is 14.4 Å². The summed E-state index contributed by atoms with van der Waals surface area (Å²) in [6, 6.07) is 3.20. The molecule has 1 aliphatic heterocycles. The molecule has 4 aliphatic carbocycles. The van der Waals surface area contributed by atoms with Crippen molar-refractivity contribution in [2.24, 2.45) is 22.7 Å². The van der Waals surface area contributed by atoms with Crippen LogP contribution in [0.4, 0.5) is 0 Å². The van der Waals surface area contributed by atoms with Crippen molar-refractivity contribution in [1.29, 1.82) is 0 Å². The number of aliphatic hydroxyl groups is 1. The predicted octanol–water partition coefficient (Wildman–Crippen LogP) is 4.89. The van der Waals surface area contributed by atoms with E-state index in [-0.39, 0.29) is 59.2 Å². The van der Waals surface area contributed by atoms with Crippen LogP contribution in [0, 0.1) is 22.7 Å². The Kier molecular flexibility index (Phi) is 8.01. The number of carboxylic acids is 1. The smallest absolute Gasteiger partial charge is 0.335 e. The van der Waals surface area contributed by atoms with E-state index in [9.17, 15) is 24.3 Å². The summed E-state index contributed by atoms with van der Waals surface area (Å²) < 4.78 is 23.7. The number of fused-ring (bicyclic) bond motifs is 3. The topological polar surface area (TPSA) is 153 Å². The number of hydrogen-bond donors (Lipinski definition) is 2. The van der Waals surface area contributed by atoms with Gasteiger partial charge >= 0.3 is 23.5 Å². The Bertz CT molecular complexity index is 1340. The molecule has 1 spiro atoms. The number of unbranched alkanes of at least 4 members (excludes halogenated alkanes) is 3.